The van der Waals surface area contributed by atoms with E-state index in [1.54, 1.807) is 0 Å². The molecular weight excluding hydrogens is 252 g/mol. The highest BCUT2D eigenvalue weighted by molar-refractivity contribution is 5.95. The Bertz CT molecular complexity index is 527. The fourth-order valence-corrected chi connectivity index (χ4v) is 3.20. The molecule has 2 fully saturated rings. The molecule has 2 aliphatic rings. The summed E-state index contributed by atoms with van der Waals surface area (Å²) in [6.07, 6.45) is 0.965. The Hall–Kier alpha value is -1.84. The quantitative estimate of drug-likeness (QED) is 0.907. The first-order chi connectivity index (χ1) is 9.59. The Labute approximate surface area is 119 Å². The minimum atomic E-state index is -0.324. The van der Waals surface area contributed by atoms with Crippen molar-refractivity contribution in [2.75, 3.05) is 6.54 Å². The smallest absolute Gasteiger partial charge is 0.243 e. The Morgan fingerprint density at radius 3 is 2.55 bits per heavy atom. The standard InChI is InChI=1S/C16H20N2O2/c1-10(2)15-16(20)17-9-14(19)18(15)13-8-12(13)11-6-4-3-5-7-11/h3-7,10,12-13,15H,8-9H2,1-2H3,(H,17,20). The van der Waals surface area contributed by atoms with Crippen LogP contribution in [0.3, 0.4) is 0 Å². The van der Waals surface area contributed by atoms with Crippen molar-refractivity contribution in [1.29, 1.82) is 0 Å². The molecular formula is C16H20N2O2. The van der Waals surface area contributed by atoms with Crippen molar-refractivity contribution in [1.82, 2.24) is 10.2 Å². The van der Waals surface area contributed by atoms with E-state index >= 15 is 0 Å². The molecule has 1 aromatic carbocycles. The van der Waals surface area contributed by atoms with Crippen LogP contribution in [-0.2, 0) is 9.59 Å². The second kappa shape index (κ2) is 4.93. The van der Waals surface area contributed by atoms with Gasteiger partial charge in [0.1, 0.15) is 6.04 Å². The summed E-state index contributed by atoms with van der Waals surface area (Å²) in [5.41, 5.74) is 1.26. The summed E-state index contributed by atoms with van der Waals surface area (Å²) >= 11 is 0. The predicted molar refractivity (Wildman–Crippen MR) is 76.1 cm³/mol. The number of nitrogens with zero attached hydrogens (tertiary/aromatic N) is 1. The maximum Gasteiger partial charge on any atom is 0.243 e. The van der Waals surface area contributed by atoms with Gasteiger partial charge in [-0.1, -0.05) is 44.2 Å². The van der Waals surface area contributed by atoms with E-state index in [0.717, 1.165) is 6.42 Å². The predicted octanol–water partition coefficient (Wildman–Crippen LogP) is 1.53. The largest absolute Gasteiger partial charge is 0.345 e. The van der Waals surface area contributed by atoms with Crippen LogP contribution in [0.2, 0.25) is 0 Å². The summed E-state index contributed by atoms with van der Waals surface area (Å²) < 4.78 is 0. The molecule has 3 rings (SSSR count). The Morgan fingerprint density at radius 1 is 1.20 bits per heavy atom. The highest BCUT2D eigenvalue weighted by atomic mass is 16.2. The van der Waals surface area contributed by atoms with E-state index in [1.165, 1.54) is 5.56 Å². The molecule has 1 saturated carbocycles. The molecule has 0 spiro atoms. The summed E-state index contributed by atoms with van der Waals surface area (Å²) in [5, 5.41) is 2.70. The van der Waals surface area contributed by atoms with Gasteiger partial charge in [0, 0.05) is 12.0 Å². The number of nitrogens with one attached hydrogen (secondary N) is 1. The van der Waals surface area contributed by atoms with Gasteiger partial charge in [-0.3, -0.25) is 9.59 Å². The zero-order chi connectivity index (χ0) is 14.3. The van der Waals surface area contributed by atoms with Crippen molar-refractivity contribution in [3.8, 4) is 0 Å². The van der Waals surface area contributed by atoms with Crippen LogP contribution in [0.5, 0.6) is 0 Å². The fourth-order valence-electron chi connectivity index (χ4n) is 3.20. The number of carbonyl (C=O) groups excluding carboxylic acids is 2. The highest BCUT2D eigenvalue weighted by Gasteiger charge is 2.50. The third-order valence-electron chi connectivity index (χ3n) is 4.24. The van der Waals surface area contributed by atoms with Gasteiger partial charge in [-0.15, -0.1) is 0 Å². The lowest BCUT2D eigenvalue weighted by Gasteiger charge is -2.37. The number of piperazine rings is 1. The van der Waals surface area contributed by atoms with E-state index in [2.05, 4.69) is 17.4 Å². The molecule has 2 amide bonds. The molecule has 3 unspecified atom stereocenters. The van der Waals surface area contributed by atoms with E-state index in [0.29, 0.717) is 5.92 Å². The van der Waals surface area contributed by atoms with Crippen molar-refractivity contribution in [2.45, 2.75) is 38.3 Å². The first-order valence-corrected chi connectivity index (χ1v) is 7.23. The SMILES string of the molecule is CC(C)C1C(=O)NCC(=O)N1C1CC1c1ccccc1. The number of carbonyl (C=O) groups is 2. The second-order valence-electron chi connectivity index (χ2n) is 6.03. The average Bonchev–Trinajstić information content (AvgIpc) is 3.21. The molecule has 1 saturated heterocycles. The number of benzene rings is 1. The monoisotopic (exact) mass is 272 g/mol. The third kappa shape index (κ3) is 2.19. The summed E-state index contributed by atoms with van der Waals surface area (Å²) in [7, 11) is 0. The average molecular weight is 272 g/mol. The molecule has 0 bridgehead atoms. The summed E-state index contributed by atoms with van der Waals surface area (Å²) in [6, 6.07) is 10.1. The van der Waals surface area contributed by atoms with Crippen molar-refractivity contribution in [2.24, 2.45) is 5.92 Å². The topological polar surface area (TPSA) is 49.4 Å². The van der Waals surface area contributed by atoms with Gasteiger partial charge >= 0.3 is 0 Å². The summed E-state index contributed by atoms with van der Waals surface area (Å²) in [4.78, 5) is 26.1. The van der Waals surface area contributed by atoms with Gasteiger partial charge in [-0.2, -0.15) is 0 Å². The van der Waals surface area contributed by atoms with E-state index in [4.69, 9.17) is 0 Å². The van der Waals surface area contributed by atoms with Gasteiger partial charge in [0.25, 0.3) is 0 Å². The lowest BCUT2D eigenvalue weighted by molar-refractivity contribution is -0.148. The van der Waals surface area contributed by atoms with Gasteiger partial charge in [-0.25, -0.2) is 0 Å². The van der Waals surface area contributed by atoms with Crippen LogP contribution in [0.15, 0.2) is 30.3 Å². The molecule has 106 valence electrons. The molecule has 1 aliphatic carbocycles. The number of rotatable bonds is 3. The van der Waals surface area contributed by atoms with Gasteiger partial charge in [0.05, 0.1) is 6.54 Å². The van der Waals surface area contributed by atoms with Crippen molar-refractivity contribution < 1.29 is 9.59 Å². The van der Waals surface area contributed by atoms with Crippen molar-refractivity contribution in [3.05, 3.63) is 35.9 Å². The van der Waals surface area contributed by atoms with Crippen LogP contribution < -0.4 is 5.32 Å². The maximum atomic E-state index is 12.2. The highest BCUT2D eigenvalue weighted by Crippen LogP contribution is 2.46. The van der Waals surface area contributed by atoms with Crippen molar-refractivity contribution >= 4 is 11.8 Å². The molecule has 0 radical (unpaired) electrons. The molecule has 1 aliphatic heterocycles. The minimum absolute atomic E-state index is 0.0155. The van der Waals surface area contributed by atoms with E-state index < -0.39 is 0 Å². The summed E-state index contributed by atoms with van der Waals surface area (Å²) in [5.74, 6) is 0.550. The van der Waals surface area contributed by atoms with Crippen LogP contribution in [0.1, 0.15) is 31.7 Å². The molecule has 4 heteroatoms. The number of amides is 2. The molecule has 1 N–H and O–H groups in total. The second-order valence-corrected chi connectivity index (χ2v) is 6.03. The lowest BCUT2D eigenvalue weighted by atomic mass is 9.98. The van der Waals surface area contributed by atoms with Crippen LogP contribution >= 0.6 is 0 Å². The first kappa shape index (κ1) is 13.2. The fraction of sp³-hybridized carbons (Fsp3) is 0.500. The normalized spacial score (nSPS) is 29.6. The van der Waals surface area contributed by atoms with Crippen LogP contribution in [0, 0.1) is 5.92 Å². The molecule has 1 heterocycles. The summed E-state index contributed by atoms with van der Waals surface area (Å²) in [6.45, 7) is 4.13. The Morgan fingerprint density at radius 2 is 1.90 bits per heavy atom. The molecule has 20 heavy (non-hydrogen) atoms. The van der Waals surface area contributed by atoms with Crippen LogP contribution in [-0.4, -0.2) is 35.3 Å². The molecule has 0 aromatic heterocycles. The lowest BCUT2D eigenvalue weighted by Crippen LogP contribution is -2.61. The van der Waals surface area contributed by atoms with Crippen molar-refractivity contribution in [3.63, 3.8) is 0 Å². The Balaban J connectivity index is 1.82. The van der Waals surface area contributed by atoms with Gasteiger partial charge < -0.3 is 10.2 Å². The molecule has 1 aromatic rings. The van der Waals surface area contributed by atoms with Gasteiger partial charge in [0.2, 0.25) is 11.8 Å². The zero-order valence-electron chi connectivity index (χ0n) is 11.9. The number of hydrogen-bond donors (Lipinski definition) is 1. The zero-order valence-corrected chi connectivity index (χ0v) is 11.9. The van der Waals surface area contributed by atoms with E-state index in [-0.39, 0.29) is 36.4 Å². The minimum Gasteiger partial charge on any atom is -0.345 e. The van der Waals surface area contributed by atoms with Gasteiger partial charge in [-0.05, 0) is 17.9 Å². The van der Waals surface area contributed by atoms with Gasteiger partial charge in [0.15, 0.2) is 0 Å². The maximum absolute atomic E-state index is 12.2. The van der Waals surface area contributed by atoms with E-state index in [1.807, 2.05) is 36.9 Å². The number of hydrogen-bond acceptors (Lipinski definition) is 2. The van der Waals surface area contributed by atoms with Crippen LogP contribution in [0.4, 0.5) is 0 Å². The van der Waals surface area contributed by atoms with Crippen LogP contribution in [0.25, 0.3) is 0 Å². The first-order valence-electron chi connectivity index (χ1n) is 7.23. The third-order valence-corrected chi connectivity index (χ3v) is 4.24. The molecule has 4 nitrogen and oxygen atoms in total. The van der Waals surface area contributed by atoms with E-state index in [9.17, 15) is 9.59 Å². The molecule has 3 atom stereocenters. The Kier molecular flexibility index (Phi) is 3.24.